The third-order valence-electron chi connectivity index (χ3n) is 1.53. The quantitative estimate of drug-likeness (QED) is 0.896. The third-order valence-corrected chi connectivity index (χ3v) is 2.37. The molecule has 0 unspecified atom stereocenters. The number of benzene rings is 1. The highest BCUT2D eigenvalue weighted by molar-refractivity contribution is 6.42. The number of carbonyl (C=O) groups is 1. The monoisotopic (exact) mass is 279 g/mol. The highest BCUT2D eigenvalue weighted by Gasteiger charge is 2.05. The summed E-state index contributed by atoms with van der Waals surface area (Å²) in [6.07, 6.45) is -0.639. The van der Waals surface area contributed by atoms with Gasteiger partial charge in [-0.25, -0.2) is 4.79 Å². The van der Waals surface area contributed by atoms with Gasteiger partial charge in [0.25, 0.3) is 0 Å². The van der Waals surface area contributed by atoms with Crippen molar-refractivity contribution in [1.29, 1.82) is 0 Å². The number of halogens is 3. The van der Waals surface area contributed by atoms with Crippen molar-refractivity contribution in [2.75, 3.05) is 11.9 Å². The van der Waals surface area contributed by atoms with E-state index < -0.39 is 6.09 Å². The van der Waals surface area contributed by atoms with Crippen molar-refractivity contribution in [2.45, 2.75) is 0 Å². The minimum absolute atomic E-state index is 0.0469. The zero-order valence-electron chi connectivity index (χ0n) is 8.10. The Labute approximate surface area is 108 Å². The fraction of sp³-hybridized carbons (Fsp3) is 0.100. The van der Waals surface area contributed by atoms with Gasteiger partial charge in [0.2, 0.25) is 0 Å². The van der Waals surface area contributed by atoms with Crippen LogP contribution in [0, 0.1) is 0 Å². The number of carbonyl (C=O) groups excluding carboxylic acids is 1. The lowest BCUT2D eigenvalue weighted by Crippen LogP contribution is -2.14. The van der Waals surface area contributed by atoms with Crippen molar-refractivity contribution in [3.63, 3.8) is 0 Å². The molecule has 0 saturated heterocycles. The SMILES string of the molecule is C=C(Cl)COC(=O)Nc1ccc(Cl)c(Cl)c1. The van der Waals surface area contributed by atoms with Crippen molar-refractivity contribution >= 4 is 46.6 Å². The first kappa shape index (κ1) is 13.2. The molecule has 0 aliphatic rings. The Kier molecular flexibility index (Phi) is 4.93. The van der Waals surface area contributed by atoms with E-state index in [0.717, 1.165) is 0 Å². The molecule has 0 heterocycles. The average Bonchev–Trinajstić information content (AvgIpc) is 2.21. The molecule has 1 aromatic carbocycles. The van der Waals surface area contributed by atoms with E-state index in [1.165, 1.54) is 6.07 Å². The molecule has 0 spiro atoms. The van der Waals surface area contributed by atoms with Crippen molar-refractivity contribution in [1.82, 2.24) is 0 Å². The fourth-order valence-electron chi connectivity index (χ4n) is 0.872. The molecule has 1 N–H and O–H groups in total. The molecule has 1 aromatic rings. The number of anilines is 1. The van der Waals surface area contributed by atoms with Crippen LogP contribution < -0.4 is 5.32 Å². The number of nitrogens with one attached hydrogen (secondary N) is 1. The Bertz CT molecular complexity index is 421. The second-order valence-electron chi connectivity index (χ2n) is 2.85. The van der Waals surface area contributed by atoms with Crippen LogP contribution in [0.25, 0.3) is 0 Å². The lowest BCUT2D eigenvalue weighted by molar-refractivity contribution is 0.173. The molecule has 6 heteroatoms. The van der Waals surface area contributed by atoms with Crippen molar-refractivity contribution in [3.05, 3.63) is 39.9 Å². The minimum Gasteiger partial charge on any atom is -0.444 e. The van der Waals surface area contributed by atoms with E-state index in [0.29, 0.717) is 15.7 Å². The van der Waals surface area contributed by atoms with E-state index in [-0.39, 0.29) is 11.6 Å². The largest absolute Gasteiger partial charge is 0.444 e. The Morgan fingerprint density at radius 3 is 2.62 bits per heavy atom. The summed E-state index contributed by atoms with van der Waals surface area (Å²) in [5.41, 5.74) is 0.486. The minimum atomic E-state index is -0.639. The number of rotatable bonds is 3. The summed E-state index contributed by atoms with van der Waals surface area (Å²) in [6, 6.07) is 4.69. The van der Waals surface area contributed by atoms with Gasteiger partial charge in [0, 0.05) is 10.7 Å². The first-order chi connectivity index (χ1) is 7.49. The molecule has 1 rings (SSSR count). The molecule has 0 atom stereocenters. The van der Waals surface area contributed by atoms with Crippen LogP contribution in [-0.4, -0.2) is 12.7 Å². The van der Waals surface area contributed by atoms with Crippen LogP contribution in [0.15, 0.2) is 29.8 Å². The summed E-state index contributed by atoms with van der Waals surface area (Å²) in [7, 11) is 0. The van der Waals surface area contributed by atoms with E-state index in [9.17, 15) is 4.79 Å². The summed E-state index contributed by atoms with van der Waals surface area (Å²) in [4.78, 5) is 11.2. The summed E-state index contributed by atoms with van der Waals surface area (Å²) < 4.78 is 4.72. The smallest absolute Gasteiger partial charge is 0.411 e. The van der Waals surface area contributed by atoms with Gasteiger partial charge in [-0.2, -0.15) is 0 Å². The molecule has 0 aliphatic carbocycles. The van der Waals surface area contributed by atoms with Crippen LogP contribution in [0.3, 0.4) is 0 Å². The van der Waals surface area contributed by atoms with Gasteiger partial charge < -0.3 is 4.74 Å². The van der Waals surface area contributed by atoms with Crippen LogP contribution in [0.5, 0.6) is 0 Å². The highest BCUT2D eigenvalue weighted by atomic mass is 35.5. The number of ether oxygens (including phenoxy) is 1. The summed E-state index contributed by atoms with van der Waals surface area (Å²) >= 11 is 16.9. The Morgan fingerprint density at radius 1 is 1.38 bits per heavy atom. The summed E-state index contributed by atoms with van der Waals surface area (Å²) in [5.74, 6) is 0. The Morgan fingerprint density at radius 2 is 2.06 bits per heavy atom. The molecule has 86 valence electrons. The average molecular weight is 281 g/mol. The van der Waals surface area contributed by atoms with Crippen LogP contribution in [0.4, 0.5) is 10.5 Å². The third kappa shape index (κ3) is 4.31. The number of hydrogen-bond acceptors (Lipinski definition) is 2. The molecule has 0 saturated carbocycles. The van der Waals surface area contributed by atoms with E-state index in [2.05, 4.69) is 11.9 Å². The molecule has 0 radical (unpaired) electrons. The summed E-state index contributed by atoms with van der Waals surface area (Å²) in [5, 5.41) is 3.46. The van der Waals surface area contributed by atoms with Crippen LogP contribution in [0.2, 0.25) is 10.0 Å². The number of hydrogen-bond donors (Lipinski definition) is 1. The molecular formula is C10H8Cl3NO2. The van der Waals surface area contributed by atoms with Crippen molar-refractivity contribution in [3.8, 4) is 0 Å². The van der Waals surface area contributed by atoms with E-state index >= 15 is 0 Å². The maximum Gasteiger partial charge on any atom is 0.411 e. The van der Waals surface area contributed by atoms with Crippen molar-refractivity contribution in [2.24, 2.45) is 0 Å². The highest BCUT2D eigenvalue weighted by Crippen LogP contribution is 2.24. The maximum absolute atomic E-state index is 11.2. The predicted octanol–water partition coefficient (Wildman–Crippen LogP) is 4.29. The normalized spacial score (nSPS) is 9.69. The molecular weight excluding hydrogens is 272 g/mol. The van der Waals surface area contributed by atoms with Crippen LogP contribution in [0.1, 0.15) is 0 Å². The molecule has 0 bridgehead atoms. The molecule has 3 nitrogen and oxygen atoms in total. The van der Waals surface area contributed by atoms with Crippen molar-refractivity contribution < 1.29 is 9.53 Å². The van der Waals surface area contributed by atoms with Gasteiger partial charge in [-0.1, -0.05) is 41.4 Å². The fourth-order valence-corrected chi connectivity index (χ4v) is 1.22. The molecule has 0 aliphatic heterocycles. The van der Waals surface area contributed by atoms with Gasteiger partial charge in [-0.15, -0.1) is 0 Å². The lowest BCUT2D eigenvalue weighted by Gasteiger charge is -2.06. The van der Waals surface area contributed by atoms with E-state index in [1.54, 1.807) is 12.1 Å². The molecule has 1 amide bonds. The summed E-state index contributed by atoms with van der Waals surface area (Å²) in [6.45, 7) is 3.33. The van der Waals surface area contributed by atoms with Gasteiger partial charge in [-0.3, -0.25) is 5.32 Å². The first-order valence-electron chi connectivity index (χ1n) is 4.21. The standard InChI is InChI=1S/C10H8Cl3NO2/c1-6(11)5-16-10(15)14-7-2-3-8(12)9(13)4-7/h2-4H,1,5H2,(H,14,15). The zero-order chi connectivity index (χ0) is 12.1. The zero-order valence-corrected chi connectivity index (χ0v) is 10.4. The Hall–Kier alpha value is -0.900. The van der Waals surface area contributed by atoms with Crippen LogP contribution in [-0.2, 0) is 4.74 Å². The van der Waals surface area contributed by atoms with E-state index in [1.807, 2.05) is 0 Å². The van der Waals surface area contributed by atoms with Gasteiger partial charge >= 0.3 is 6.09 Å². The van der Waals surface area contributed by atoms with Gasteiger partial charge in [-0.05, 0) is 18.2 Å². The maximum atomic E-state index is 11.2. The molecule has 0 aromatic heterocycles. The second-order valence-corrected chi connectivity index (χ2v) is 4.20. The number of amides is 1. The van der Waals surface area contributed by atoms with E-state index in [4.69, 9.17) is 39.5 Å². The lowest BCUT2D eigenvalue weighted by atomic mass is 10.3. The van der Waals surface area contributed by atoms with Crippen LogP contribution >= 0.6 is 34.8 Å². The Balaban J connectivity index is 2.56. The molecule has 0 fully saturated rings. The first-order valence-corrected chi connectivity index (χ1v) is 5.34. The van der Waals surface area contributed by atoms with Gasteiger partial charge in [0.05, 0.1) is 10.0 Å². The van der Waals surface area contributed by atoms with Gasteiger partial charge in [0.1, 0.15) is 6.61 Å². The topological polar surface area (TPSA) is 38.3 Å². The molecule has 16 heavy (non-hydrogen) atoms. The predicted molar refractivity (Wildman–Crippen MR) is 66.4 cm³/mol. The second kappa shape index (κ2) is 5.99. The van der Waals surface area contributed by atoms with Gasteiger partial charge in [0.15, 0.2) is 0 Å².